The summed E-state index contributed by atoms with van der Waals surface area (Å²) < 4.78 is 5.81. The number of hydrogen-bond donors (Lipinski definition) is 2. The number of hydrogen-bond acceptors (Lipinski definition) is 4. The molecule has 3 amide bonds. The average molecular weight is 334 g/mol. The van der Waals surface area contributed by atoms with Gasteiger partial charge < -0.3 is 20.7 Å². The Kier molecular flexibility index (Phi) is 7.02. The number of ether oxygens (including phenoxy) is 1. The molecule has 1 atom stereocenters. The van der Waals surface area contributed by atoms with Gasteiger partial charge in [-0.2, -0.15) is 0 Å². The monoisotopic (exact) mass is 334 g/mol. The Morgan fingerprint density at radius 3 is 2.83 bits per heavy atom. The number of carbonyl (C=O) groups is 2. The third-order valence-corrected chi connectivity index (χ3v) is 3.97. The van der Waals surface area contributed by atoms with E-state index < -0.39 is 6.03 Å². The predicted molar refractivity (Wildman–Crippen MR) is 91.3 cm³/mol. The molecule has 132 valence electrons. The normalized spacial score (nSPS) is 18.6. The van der Waals surface area contributed by atoms with Gasteiger partial charge in [-0.3, -0.25) is 9.69 Å². The van der Waals surface area contributed by atoms with Crippen molar-refractivity contribution in [2.45, 2.75) is 19.1 Å². The molecule has 1 aliphatic rings. The topological polar surface area (TPSA) is 87.9 Å². The van der Waals surface area contributed by atoms with Gasteiger partial charge in [0.15, 0.2) is 0 Å². The van der Waals surface area contributed by atoms with Gasteiger partial charge in [0.1, 0.15) is 6.54 Å². The zero-order chi connectivity index (χ0) is 17.4. The molecule has 1 fully saturated rings. The van der Waals surface area contributed by atoms with E-state index >= 15 is 0 Å². The van der Waals surface area contributed by atoms with Gasteiger partial charge in [-0.25, -0.2) is 4.79 Å². The van der Waals surface area contributed by atoms with Gasteiger partial charge in [0.25, 0.3) is 0 Å². The molecular formula is C17H26N4O3. The molecule has 1 saturated heterocycles. The predicted octanol–water partition coefficient (Wildman–Crippen LogP) is 0.404. The van der Waals surface area contributed by atoms with E-state index in [0.29, 0.717) is 13.2 Å². The average Bonchev–Trinajstić information content (AvgIpc) is 2.79. The second-order valence-corrected chi connectivity index (χ2v) is 6.07. The van der Waals surface area contributed by atoms with Crippen molar-refractivity contribution < 1.29 is 14.3 Å². The maximum absolute atomic E-state index is 11.8. The number of primary amides is 1. The number of urea groups is 1. The molecule has 0 aromatic heterocycles. The van der Waals surface area contributed by atoms with Crippen LogP contribution in [0.4, 0.5) is 4.79 Å². The van der Waals surface area contributed by atoms with Gasteiger partial charge in [0.05, 0.1) is 6.10 Å². The summed E-state index contributed by atoms with van der Waals surface area (Å²) in [6, 6.07) is 9.69. The molecular weight excluding hydrogens is 308 g/mol. The van der Waals surface area contributed by atoms with E-state index in [4.69, 9.17) is 10.5 Å². The van der Waals surface area contributed by atoms with Gasteiger partial charge in [-0.1, -0.05) is 30.3 Å². The highest BCUT2D eigenvalue weighted by molar-refractivity contribution is 5.83. The molecule has 0 saturated carbocycles. The maximum atomic E-state index is 11.8. The zero-order valence-electron chi connectivity index (χ0n) is 14.1. The van der Waals surface area contributed by atoms with Crippen LogP contribution in [0.1, 0.15) is 12.0 Å². The van der Waals surface area contributed by atoms with E-state index in [9.17, 15) is 9.59 Å². The summed E-state index contributed by atoms with van der Waals surface area (Å²) in [6.45, 7) is 3.68. The second-order valence-electron chi connectivity index (χ2n) is 6.07. The Morgan fingerprint density at radius 2 is 2.12 bits per heavy atom. The van der Waals surface area contributed by atoms with Crippen molar-refractivity contribution in [3.8, 4) is 0 Å². The van der Waals surface area contributed by atoms with Crippen LogP contribution < -0.4 is 11.1 Å². The van der Waals surface area contributed by atoms with Crippen LogP contribution in [0.15, 0.2) is 30.3 Å². The third kappa shape index (κ3) is 6.17. The SMILES string of the molecule is CN(CC(=O)NCC1CN(Cc2ccccc2)CCCO1)C(N)=O. The summed E-state index contributed by atoms with van der Waals surface area (Å²) >= 11 is 0. The zero-order valence-corrected chi connectivity index (χ0v) is 14.1. The third-order valence-electron chi connectivity index (χ3n) is 3.97. The number of nitrogens with one attached hydrogen (secondary N) is 1. The first kappa shape index (κ1) is 18.2. The summed E-state index contributed by atoms with van der Waals surface area (Å²) in [6.07, 6.45) is 0.917. The first-order valence-electron chi connectivity index (χ1n) is 8.19. The van der Waals surface area contributed by atoms with Crippen molar-refractivity contribution in [2.75, 3.05) is 39.8 Å². The van der Waals surface area contributed by atoms with E-state index in [1.165, 1.54) is 17.5 Å². The molecule has 24 heavy (non-hydrogen) atoms. The van der Waals surface area contributed by atoms with E-state index in [0.717, 1.165) is 26.1 Å². The molecule has 7 heteroatoms. The second kappa shape index (κ2) is 9.24. The Labute approximate surface area is 142 Å². The fraction of sp³-hybridized carbons (Fsp3) is 0.529. The van der Waals surface area contributed by atoms with Crippen LogP contribution in [0.5, 0.6) is 0 Å². The number of likely N-dealkylation sites (N-methyl/N-ethyl adjacent to an activating group) is 1. The number of carbonyl (C=O) groups excluding carboxylic acids is 2. The van der Waals surface area contributed by atoms with Crippen molar-refractivity contribution in [1.82, 2.24) is 15.1 Å². The Balaban J connectivity index is 1.79. The molecule has 0 aliphatic carbocycles. The lowest BCUT2D eigenvalue weighted by molar-refractivity contribution is -0.122. The van der Waals surface area contributed by atoms with E-state index in [1.807, 2.05) is 18.2 Å². The van der Waals surface area contributed by atoms with Crippen LogP contribution in [0, 0.1) is 0 Å². The summed E-state index contributed by atoms with van der Waals surface area (Å²) in [4.78, 5) is 26.3. The lowest BCUT2D eigenvalue weighted by Crippen LogP contribution is -2.45. The summed E-state index contributed by atoms with van der Waals surface area (Å²) in [5.74, 6) is -0.237. The van der Waals surface area contributed by atoms with Crippen LogP contribution in [0.2, 0.25) is 0 Å². The van der Waals surface area contributed by atoms with Crippen LogP contribution in [-0.2, 0) is 16.1 Å². The standard InChI is InChI=1S/C17H26N4O3/c1-20(17(18)23)13-16(22)19-10-15-12-21(8-5-9-24-15)11-14-6-3-2-4-7-14/h2-4,6-7,15H,5,8-13H2,1H3,(H2,18,23)(H,19,22). The lowest BCUT2D eigenvalue weighted by atomic mass is 10.2. The molecule has 1 aliphatic heterocycles. The fourth-order valence-corrected chi connectivity index (χ4v) is 2.66. The first-order chi connectivity index (χ1) is 11.5. The van der Waals surface area contributed by atoms with Crippen molar-refractivity contribution in [2.24, 2.45) is 5.73 Å². The quantitative estimate of drug-likeness (QED) is 0.788. The van der Waals surface area contributed by atoms with E-state index in [-0.39, 0.29) is 18.6 Å². The molecule has 1 aromatic rings. The Hall–Kier alpha value is -2.12. The first-order valence-corrected chi connectivity index (χ1v) is 8.19. The van der Waals surface area contributed by atoms with Crippen LogP contribution in [0.25, 0.3) is 0 Å². The van der Waals surface area contributed by atoms with Crippen LogP contribution in [0.3, 0.4) is 0 Å². The fourth-order valence-electron chi connectivity index (χ4n) is 2.66. The molecule has 0 radical (unpaired) electrons. The van der Waals surface area contributed by atoms with Crippen LogP contribution >= 0.6 is 0 Å². The smallest absolute Gasteiger partial charge is 0.314 e. The van der Waals surface area contributed by atoms with Crippen LogP contribution in [-0.4, -0.2) is 67.7 Å². The van der Waals surface area contributed by atoms with Gasteiger partial charge in [0.2, 0.25) is 5.91 Å². The van der Waals surface area contributed by atoms with Gasteiger partial charge in [-0.15, -0.1) is 0 Å². The van der Waals surface area contributed by atoms with Crippen molar-refractivity contribution in [1.29, 1.82) is 0 Å². The molecule has 0 bridgehead atoms. The van der Waals surface area contributed by atoms with Gasteiger partial charge in [0, 0.05) is 39.8 Å². The summed E-state index contributed by atoms with van der Waals surface area (Å²) in [5, 5.41) is 2.81. The molecule has 0 spiro atoms. The molecule has 7 nitrogen and oxygen atoms in total. The minimum atomic E-state index is -0.620. The highest BCUT2D eigenvalue weighted by atomic mass is 16.5. The number of nitrogens with zero attached hydrogens (tertiary/aromatic N) is 2. The minimum absolute atomic E-state index is 0.0459. The van der Waals surface area contributed by atoms with Crippen molar-refractivity contribution in [3.63, 3.8) is 0 Å². The van der Waals surface area contributed by atoms with Crippen molar-refractivity contribution in [3.05, 3.63) is 35.9 Å². The highest BCUT2D eigenvalue weighted by Crippen LogP contribution is 2.10. The molecule has 1 aromatic carbocycles. The maximum Gasteiger partial charge on any atom is 0.314 e. The summed E-state index contributed by atoms with van der Waals surface area (Å²) in [7, 11) is 1.49. The molecule has 3 N–H and O–H groups in total. The van der Waals surface area contributed by atoms with E-state index in [2.05, 4.69) is 22.3 Å². The van der Waals surface area contributed by atoms with E-state index in [1.54, 1.807) is 0 Å². The number of nitrogens with two attached hydrogens (primary N) is 1. The number of benzene rings is 1. The van der Waals surface area contributed by atoms with Gasteiger partial charge in [-0.05, 0) is 12.0 Å². The van der Waals surface area contributed by atoms with Crippen molar-refractivity contribution >= 4 is 11.9 Å². The Bertz CT molecular complexity index is 538. The largest absolute Gasteiger partial charge is 0.375 e. The molecule has 1 unspecified atom stereocenters. The Morgan fingerprint density at radius 1 is 1.38 bits per heavy atom. The lowest BCUT2D eigenvalue weighted by Gasteiger charge is -2.24. The molecule has 1 heterocycles. The molecule has 2 rings (SSSR count). The van der Waals surface area contributed by atoms with Gasteiger partial charge >= 0.3 is 6.03 Å². The highest BCUT2D eigenvalue weighted by Gasteiger charge is 2.20. The number of amides is 3. The minimum Gasteiger partial charge on any atom is -0.375 e. The summed E-state index contributed by atoms with van der Waals surface area (Å²) in [5.41, 5.74) is 6.38. The number of rotatable bonds is 6.